The summed E-state index contributed by atoms with van der Waals surface area (Å²) < 4.78 is 37.0. The molecule has 1 aliphatic rings. The van der Waals surface area contributed by atoms with Gasteiger partial charge < -0.3 is 19.7 Å². The lowest BCUT2D eigenvalue weighted by molar-refractivity contribution is 0.0924. The molecule has 2 rings (SSSR count). The molecule has 1 fully saturated rings. The lowest BCUT2D eigenvalue weighted by Gasteiger charge is -2.32. The van der Waals surface area contributed by atoms with Gasteiger partial charge in [-0.2, -0.15) is 0 Å². The van der Waals surface area contributed by atoms with E-state index in [1.54, 1.807) is 0 Å². The van der Waals surface area contributed by atoms with E-state index in [1.165, 1.54) is 33.4 Å². The molecule has 1 aromatic rings. The van der Waals surface area contributed by atoms with Crippen LogP contribution < -0.4 is 19.5 Å². The zero-order chi connectivity index (χ0) is 19.3. The largest absolute Gasteiger partial charge is 0.493 e. The summed E-state index contributed by atoms with van der Waals surface area (Å²) in [6, 6.07) is 2.90. The van der Waals surface area contributed by atoms with Gasteiger partial charge in [-0.25, -0.2) is 13.1 Å². The Morgan fingerprint density at radius 3 is 2.58 bits per heavy atom. The Bertz CT molecular complexity index is 751. The molecule has 0 aliphatic carbocycles. The Morgan fingerprint density at radius 2 is 2.00 bits per heavy atom. The van der Waals surface area contributed by atoms with Crippen LogP contribution in [-0.2, 0) is 10.0 Å². The van der Waals surface area contributed by atoms with Gasteiger partial charge in [0, 0.05) is 18.7 Å². The maximum absolute atomic E-state index is 12.7. The average Bonchev–Trinajstić information content (AvgIpc) is 2.65. The standard InChI is InChI=1S/C17H27N3O5S/c1-18-26(22,23)13-9-14(16(25-4)15(10-13)24-3)17(21)19-11-12-7-5-6-8-20(12)2/h9-10,12,18H,5-8,11H2,1-4H3,(H,19,21). The van der Waals surface area contributed by atoms with Crippen LogP contribution in [0.2, 0.25) is 0 Å². The first-order valence-corrected chi connectivity index (χ1v) is 10.0. The average molecular weight is 385 g/mol. The summed E-state index contributed by atoms with van der Waals surface area (Å²) in [5, 5.41) is 2.89. The summed E-state index contributed by atoms with van der Waals surface area (Å²) in [5.74, 6) is -0.00640. The predicted octanol–water partition coefficient (Wildman–Crippen LogP) is 0.826. The van der Waals surface area contributed by atoms with Crippen LogP contribution in [0.4, 0.5) is 0 Å². The fraction of sp³-hybridized carbons (Fsp3) is 0.588. The summed E-state index contributed by atoms with van der Waals surface area (Å²) in [4.78, 5) is 14.9. The van der Waals surface area contributed by atoms with Gasteiger partial charge in [-0.3, -0.25) is 4.79 Å². The lowest BCUT2D eigenvalue weighted by Crippen LogP contribution is -2.44. The molecule has 9 heteroatoms. The highest BCUT2D eigenvalue weighted by atomic mass is 32.2. The highest BCUT2D eigenvalue weighted by Gasteiger charge is 2.25. The zero-order valence-corrected chi connectivity index (χ0v) is 16.5. The van der Waals surface area contributed by atoms with Crippen LogP contribution in [0, 0.1) is 0 Å². The summed E-state index contributed by atoms with van der Waals surface area (Å²) in [5.41, 5.74) is 0.124. The van der Waals surface area contributed by atoms with Crippen molar-refractivity contribution >= 4 is 15.9 Å². The van der Waals surface area contributed by atoms with E-state index < -0.39 is 15.9 Å². The molecule has 26 heavy (non-hydrogen) atoms. The third-order valence-electron chi connectivity index (χ3n) is 4.70. The molecule has 1 aromatic carbocycles. The molecule has 2 N–H and O–H groups in total. The number of benzene rings is 1. The lowest BCUT2D eigenvalue weighted by atomic mass is 10.0. The van der Waals surface area contributed by atoms with Crippen molar-refractivity contribution in [1.82, 2.24) is 14.9 Å². The van der Waals surface area contributed by atoms with Crippen molar-refractivity contribution in [2.45, 2.75) is 30.2 Å². The molecular formula is C17H27N3O5S. The first-order chi connectivity index (χ1) is 12.3. The van der Waals surface area contributed by atoms with E-state index in [4.69, 9.17) is 9.47 Å². The van der Waals surface area contributed by atoms with Crippen molar-refractivity contribution in [2.24, 2.45) is 0 Å². The number of amides is 1. The molecule has 0 saturated carbocycles. The number of rotatable bonds is 7. The van der Waals surface area contributed by atoms with Gasteiger partial charge >= 0.3 is 0 Å². The van der Waals surface area contributed by atoms with E-state index in [0.29, 0.717) is 6.54 Å². The van der Waals surface area contributed by atoms with Crippen LogP contribution in [0.5, 0.6) is 11.5 Å². The van der Waals surface area contributed by atoms with E-state index in [9.17, 15) is 13.2 Å². The van der Waals surface area contributed by atoms with Crippen LogP contribution in [0.1, 0.15) is 29.6 Å². The van der Waals surface area contributed by atoms with Crippen LogP contribution in [-0.4, -0.2) is 66.7 Å². The molecule has 0 radical (unpaired) electrons. The van der Waals surface area contributed by atoms with Crippen molar-refractivity contribution in [3.05, 3.63) is 17.7 Å². The van der Waals surface area contributed by atoms with Gasteiger partial charge in [-0.05, 0) is 39.5 Å². The number of methoxy groups -OCH3 is 2. The number of likely N-dealkylation sites (tertiary alicyclic amines) is 1. The maximum Gasteiger partial charge on any atom is 0.255 e. The van der Waals surface area contributed by atoms with Crippen molar-refractivity contribution in [3.8, 4) is 11.5 Å². The fourth-order valence-corrected chi connectivity index (χ4v) is 3.86. The normalized spacial score (nSPS) is 18.4. The third kappa shape index (κ3) is 4.46. The Labute approximate surface area is 154 Å². The Hall–Kier alpha value is -1.84. The Balaban J connectivity index is 2.30. The molecule has 1 atom stereocenters. The van der Waals surface area contributed by atoms with E-state index in [0.717, 1.165) is 25.8 Å². The van der Waals surface area contributed by atoms with Crippen LogP contribution in [0.25, 0.3) is 0 Å². The summed E-state index contributed by atoms with van der Waals surface area (Å²) in [6.45, 7) is 1.50. The molecule has 1 saturated heterocycles. The Morgan fingerprint density at radius 1 is 1.27 bits per heavy atom. The molecule has 1 aliphatic heterocycles. The van der Waals surface area contributed by atoms with E-state index in [1.807, 2.05) is 7.05 Å². The van der Waals surface area contributed by atoms with Crippen LogP contribution >= 0.6 is 0 Å². The topological polar surface area (TPSA) is 97.0 Å². The summed E-state index contributed by atoms with van der Waals surface area (Å²) in [6.07, 6.45) is 3.32. The van der Waals surface area contributed by atoms with Gasteiger partial charge in [0.05, 0.1) is 24.7 Å². The van der Waals surface area contributed by atoms with Gasteiger partial charge in [-0.15, -0.1) is 0 Å². The quantitative estimate of drug-likeness (QED) is 0.722. The number of carbonyl (C=O) groups excluding carboxylic acids is 1. The number of hydrogen-bond donors (Lipinski definition) is 2. The number of hydrogen-bond acceptors (Lipinski definition) is 6. The van der Waals surface area contributed by atoms with Crippen molar-refractivity contribution in [2.75, 3.05) is 41.4 Å². The number of ether oxygens (including phenoxy) is 2. The number of nitrogens with one attached hydrogen (secondary N) is 2. The molecule has 1 unspecified atom stereocenters. The fourth-order valence-electron chi connectivity index (χ4n) is 3.09. The Kier molecular flexibility index (Phi) is 6.85. The van der Waals surface area contributed by atoms with E-state index in [2.05, 4.69) is 14.9 Å². The predicted molar refractivity (Wildman–Crippen MR) is 98.4 cm³/mol. The number of sulfonamides is 1. The second-order valence-corrected chi connectivity index (χ2v) is 8.14. The minimum absolute atomic E-state index is 0.0578. The minimum Gasteiger partial charge on any atom is -0.493 e. The second-order valence-electron chi connectivity index (χ2n) is 6.25. The monoisotopic (exact) mass is 385 g/mol. The number of likely N-dealkylation sites (N-methyl/N-ethyl adjacent to an activating group) is 1. The molecular weight excluding hydrogens is 358 g/mol. The van der Waals surface area contributed by atoms with Gasteiger partial charge in [0.2, 0.25) is 10.0 Å². The maximum atomic E-state index is 12.7. The van der Waals surface area contributed by atoms with E-state index >= 15 is 0 Å². The van der Waals surface area contributed by atoms with Gasteiger partial charge in [0.25, 0.3) is 5.91 Å². The summed E-state index contributed by atoms with van der Waals surface area (Å²) in [7, 11) is 2.43. The summed E-state index contributed by atoms with van der Waals surface area (Å²) >= 11 is 0. The second kappa shape index (κ2) is 8.70. The SMILES string of the molecule is CNS(=O)(=O)c1cc(OC)c(OC)c(C(=O)NCC2CCCCN2C)c1. The number of nitrogens with zero attached hydrogens (tertiary/aromatic N) is 1. The highest BCUT2D eigenvalue weighted by Crippen LogP contribution is 2.34. The van der Waals surface area contributed by atoms with Gasteiger partial charge in [0.15, 0.2) is 11.5 Å². The molecule has 8 nitrogen and oxygen atoms in total. The first-order valence-electron chi connectivity index (χ1n) is 8.52. The molecule has 1 heterocycles. The van der Waals surface area contributed by atoms with Crippen molar-refractivity contribution in [1.29, 1.82) is 0 Å². The van der Waals surface area contributed by atoms with E-state index in [-0.39, 0.29) is 28.0 Å². The molecule has 0 aromatic heterocycles. The van der Waals surface area contributed by atoms with Gasteiger partial charge in [0.1, 0.15) is 0 Å². The van der Waals surface area contributed by atoms with Crippen molar-refractivity contribution < 1.29 is 22.7 Å². The number of carbonyl (C=O) groups is 1. The molecule has 146 valence electrons. The zero-order valence-electron chi connectivity index (χ0n) is 15.7. The highest BCUT2D eigenvalue weighted by molar-refractivity contribution is 7.89. The van der Waals surface area contributed by atoms with Crippen LogP contribution in [0.3, 0.4) is 0 Å². The first kappa shape index (κ1) is 20.5. The molecule has 0 spiro atoms. The van der Waals surface area contributed by atoms with Gasteiger partial charge in [-0.1, -0.05) is 6.42 Å². The van der Waals surface area contributed by atoms with Crippen LogP contribution in [0.15, 0.2) is 17.0 Å². The minimum atomic E-state index is -3.73. The molecule has 0 bridgehead atoms. The molecule has 1 amide bonds. The third-order valence-corrected chi connectivity index (χ3v) is 6.09. The smallest absolute Gasteiger partial charge is 0.255 e. The number of piperidine rings is 1. The van der Waals surface area contributed by atoms with Crippen molar-refractivity contribution in [3.63, 3.8) is 0 Å².